The first-order chi connectivity index (χ1) is 9.58. The van der Waals surface area contributed by atoms with Crippen molar-refractivity contribution >= 4 is 23.2 Å². The van der Waals surface area contributed by atoms with Crippen LogP contribution >= 0.6 is 11.6 Å². The van der Waals surface area contributed by atoms with Gasteiger partial charge in [-0.15, -0.1) is 0 Å². The molecular formula is C16H16ClNO2. The fourth-order valence-electron chi connectivity index (χ4n) is 1.95. The Labute approximate surface area is 123 Å². The van der Waals surface area contributed by atoms with Crippen molar-refractivity contribution in [1.82, 2.24) is 0 Å². The molecule has 2 N–H and O–H groups in total. The van der Waals surface area contributed by atoms with Gasteiger partial charge in [0.15, 0.2) is 0 Å². The first-order valence-corrected chi connectivity index (χ1v) is 6.74. The lowest BCUT2D eigenvalue weighted by Crippen LogP contribution is -2.12. The van der Waals surface area contributed by atoms with E-state index in [-0.39, 0.29) is 12.5 Å². The van der Waals surface area contributed by atoms with Gasteiger partial charge < -0.3 is 10.4 Å². The van der Waals surface area contributed by atoms with Gasteiger partial charge >= 0.3 is 0 Å². The zero-order valence-electron chi connectivity index (χ0n) is 11.2. The summed E-state index contributed by atoms with van der Waals surface area (Å²) in [5.41, 5.74) is 3.23. The highest BCUT2D eigenvalue weighted by molar-refractivity contribution is 6.31. The van der Waals surface area contributed by atoms with Crippen LogP contribution in [0.2, 0.25) is 5.02 Å². The molecule has 104 valence electrons. The lowest BCUT2D eigenvalue weighted by Gasteiger charge is -2.07. The van der Waals surface area contributed by atoms with Crippen molar-refractivity contribution in [3.8, 4) is 0 Å². The van der Waals surface area contributed by atoms with Gasteiger partial charge in [0.05, 0.1) is 0 Å². The Morgan fingerprint density at radius 3 is 2.50 bits per heavy atom. The second-order valence-corrected chi connectivity index (χ2v) is 5.08. The molecule has 0 saturated heterocycles. The number of anilines is 1. The largest absolute Gasteiger partial charge is 0.396 e. The number of hydrogen-bond acceptors (Lipinski definition) is 2. The van der Waals surface area contributed by atoms with Gasteiger partial charge in [-0.1, -0.05) is 23.7 Å². The summed E-state index contributed by atoms with van der Waals surface area (Å²) in [5, 5.41) is 12.2. The topological polar surface area (TPSA) is 49.3 Å². The molecule has 0 aliphatic heterocycles. The van der Waals surface area contributed by atoms with Gasteiger partial charge in [-0.2, -0.15) is 0 Å². The Morgan fingerprint density at radius 1 is 1.20 bits per heavy atom. The molecule has 0 heterocycles. The molecule has 2 aromatic carbocycles. The van der Waals surface area contributed by atoms with Crippen LogP contribution < -0.4 is 5.32 Å². The first kappa shape index (κ1) is 14.6. The summed E-state index contributed by atoms with van der Waals surface area (Å²) >= 11 is 5.95. The lowest BCUT2D eigenvalue weighted by molar-refractivity contribution is 0.102. The summed E-state index contributed by atoms with van der Waals surface area (Å²) in [4.78, 5) is 12.1. The van der Waals surface area contributed by atoms with Crippen LogP contribution in [0.5, 0.6) is 0 Å². The minimum Gasteiger partial charge on any atom is -0.396 e. The Hall–Kier alpha value is -1.84. The Balaban J connectivity index is 2.10. The van der Waals surface area contributed by atoms with E-state index in [1.165, 1.54) is 0 Å². The molecule has 0 spiro atoms. The van der Waals surface area contributed by atoms with Crippen molar-refractivity contribution in [2.75, 3.05) is 11.9 Å². The average molecular weight is 290 g/mol. The summed E-state index contributed by atoms with van der Waals surface area (Å²) in [6.45, 7) is 2.01. The molecule has 0 atom stereocenters. The van der Waals surface area contributed by atoms with Crippen LogP contribution in [0.25, 0.3) is 0 Å². The molecule has 4 heteroatoms. The van der Waals surface area contributed by atoms with Crippen molar-refractivity contribution in [3.63, 3.8) is 0 Å². The molecular weight excluding hydrogens is 274 g/mol. The van der Waals surface area contributed by atoms with Crippen molar-refractivity contribution in [2.24, 2.45) is 0 Å². The van der Waals surface area contributed by atoms with E-state index in [1.54, 1.807) is 12.1 Å². The SMILES string of the molecule is Cc1cc(Cl)cc(C(=O)Nc2ccc(CCO)cc2)c1. The second kappa shape index (κ2) is 6.55. The van der Waals surface area contributed by atoms with Crippen LogP contribution in [0.3, 0.4) is 0 Å². The van der Waals surface area contributed by atoms with E-state index in [9.17, 15) is 4.79 Å². The third kappa shape index (κ3) is 3.83. The maximum absolute atomic E-state index is 12.1. The number of aliphatic hydroxyl groups excluding tert-OH is 1. The number of halogens is 1. The minimum absolute atomic E-state index is 0.119. The Kier molecular flexibility index (Phi) is 4.77. The summed E-state index contributed by atoms with van der Waals surface area (Å²) in [6.07, 6.45) is 0.613. The summed E-state index contributed by atoms with van der Waals surface area (Å²) < 4.78 is 0. The fourth-order valence-corrected chi connectivity index (χ4v) is 2.24. The van der Waals surface area contributed by atoms with Gasteiger partial charge in [-0.25, -0.2) is 0 Å². The van der Waals surface area contributed by atoms with Crippen LogP contribution in [0.1, 0.15) is 21.5 Å². The van der Waals surface area contributed by atoms with Gasteiger partial charge in [-0.3, -0.25) is 4.79 Å². The van der Waals surface area contributed by atoms with E-state index < -0.39 is 0 Å². The van der Waals surface area contributed by atoms with Crippen molar-refractivity contribution in [2.45, 2.75) is 13.3 Å². The lowest BCUT2D eigenvalue weighted by atomic mass is 10.1. The highest BCUT2D eigenvalue weighted by Gasteiger charge is 2.07. The zero-order chi connectivity index (χ0) is 14.5. The molecule has 0 saturated carbocycles. The summed E-state index contributed by atoms with van der Waals surface area (Å²) in [7, 11) is 0. The van der Waals surface area contributed by atoms with Gasteiger partial charge in [0.2, 0.25) is 0 Å². The number of hydrogen-bond donors (Lipinski definition) is 2. The summed E-state index contributed by atoms with van der Waals surface area (Å²) in [5.74, 6) is -0.189. The molecule has 0 aliphatic rings. The molecule has 2 rings (SSSR count). The molecule has 2 aromatic rings. The number of carbonyl (C=O) groups excluding carboxylic acids is 1. The number of amides is 1. The van der Waals surface area contributed by atoms with Gasteiger partial charge in [0, 0.05) is 22.9 Å². The van der Waals surface area contributed by atoms with Crippen LogP contribution in [0.4, 0.5) is 5.69 Å². The Bertz CT molecular complexity index is 588. The van der Waals surface area contributed by atoms with Crippen LogP contribution in [0.15, 0.2) is 42.5 Å². The summed E-state index contributed by atoms with van der Waals surface area (Å²) in [6, 6.07) is 12.7. The number of aryl methyl sites for hydroxylation is 1. The molecule has 1 amide bonds. The number of aliphatic hydroxyl groups is 1. The minimum atomic E-state index is -0.189. The molecule has 0 aromatic heterocycles. The molecule has 0 unspecified atom stereocenters. The maximum atomic E-state index is 12.1. The highest BCUT2D eigenvalue weighted by atomic mass is 35.5. The number of rotatable bonds is 4. The van der Waals surface area contributed by atoms with E-state index in [2.05, 4.69) is 5.32 Å². The molecule has 3 nitrogen and oxygen atoms in total. The van der Waals surface area contributed by atoms with E-state index in [4.69, 9.17) is 16.7 Å². The second-order valence-electron chi connectivity index (χ2n) is 4.64. The van der Waals surface area contributed by atoms with Crippen molar-refractivity contribution in [1.29, 1.82) is 0 Å². The molecule has 0 fully saturated rings. The van der Waals surface area contributed by atoms with Crippen LogP contribution in [-0.4, -0.2) is 17.6 Å². The highest BCUT2D eigenvalue weighted by Crippen LogP contribution is 2.17. The third-order valence-corrected chi connectivity index (χ3v) is 3.13. The average Bonchev–Trinajstić information content (AvgIpc) is 2.40. The Morgan fingerprint density at radius 2 is 1.90 bits per heavy atom. The maximum Gasteiger partial charge on any atom is 0.255 e. The van der Waals surface area contributed by atoms with Crippen molar-refractivity contribution < 1.29 is 9.90 Å². The first-order valence-electron chi connectivity index (χ1n) is 6.37. The van der Waals surface area contributed by atoms with Crippen LogP contribution in [0, 0.1) is 6.92 Å². The third-order valence-electron chi connectivity index (χ3n) is 2.92. The van der Waals surface area contributed by atoms with E-state index in [0.717, 1.165) is 11.1 Å². The monoisotopic (exact) mass is 289 g/mol. The zero-order valence-corrected chi connectivity index (χ0v) is 11.9. The standard InChI is InChI=1S/C16H16ClNO2/c1-11-8-13(10-14(17)9-11)16(20)18-15-4-2-12(3-5-15)6-7-19/h2-5,8-10,19H,6-7H2,1H3,(H,18,20). The van der Waals surface area contributed by atoms with E-state index in [1.807, 2.05) is 37.3 Å². The van der Waals surface area contributed by atoms with Gasteiger partial charge in [0.1, 0.15) is 0 Å². The predicted octanol–water partition coefficient (Wildman–Crippen LogP) is 3.44. The van der Waals surface area contributed by atoms with Crippen molar-refractivity contribution in [3.05, 3.63) is 64.2 Å². The quantitative estimate of drug-likeness (QED) is 0.906. The molecule has 0 aliphatic carbocycles. The van der Waals surface area contributed by atoms with E-state index >= 15 is 0 Å². The normalized spacial score (nSPS) is 10.3. The number of nitrogens with one attached hydrogen (secondary N) is 1. The molecule has 20 heavy (non-hydrogen) atoms. The smallest absolute Gasteiger partial charge is 0.255 e. The fraction of sp³-hybridized carbons (Fsp3) is 0.188. The van der Waals surface area contributed by atoms with Crippen LogP contribution in [-0.2, 0) is 6.42 Å². The molecule has 0 bridgehead atoms. The predicted molar refractivity (Wildman–Crippen MR) is 81.4 cm³/mol. The number of benzene rings is 2. The van der Waals surface area contributed by atoms with Gasteiger partial charge in [0.25, 0.3) is 5.91 Å². The van der Waals surface area contributed by atoms with E-state index in [0.29, 0.717) is 22.7 Å². The number of carbonyl (C=O) groups is 1. The van der Waals surface area contributed by atoms with Gasteiger partial charge in [-0.05, 0) is 54.8 Å². The molecule has 0 radical (unpaired) electrons.